The van der Waals surface area contributed by atoms with Gasteiger partial charge in [-0.25, -0.2) is 4.98 Å². The van der Waals surface area contributed by atoms with E-state index in [1.165, 1.54) is 5.56 Å². The fourth-order valence-electron chi connectivity index (χ4n) is 3.80. The largest absolute Gasteiger partial charge is 0.369 e. The highest BCUT2D eigenvalue weighted by molar-refractivity contribution is 14.0. The standard InChI is InChI=1S/C23H32N6O.HI/c1-25-23(27-14-5-10-18-8-3-2-4-9-18)28-16-19-11-6-13-26-22(19)29-15-7-12-20(17-29)21(24)30;/h2-4,6,8-9,11,13,20H,5,7,10,12,14-17H2,1H3,(H2,24,30)(H2,25,27,28);1H. The van der Waals surface area contributed by atoms with Crippen molar-refractivity contribution in [2.24, 2.45) is 16.6 Å². The van der Waals surface area contributed by atoms with Crippen LogP contribution in [0.15, 0.2) is 53.7 Å². The summed E-state index contributed by atoms with van der Waals surface area (Å²) >= 11 is 0. The normalized spacial score (nSPS) is 16.4. The molecule has 1 atom stereocenters. The number of amides is 1. The number of anilines is 1. The second kappa shape index (κ2) is 13.1. The Morgan fingerprint density at radius 3 is 2.77 bits per heavy atom. The summed E-state index contributed by atoms with van der Waals surface area (Å²) in [5, 5.41) is 6.75. The highest BCUT2D eigenvalue weighted by Gasteiger charge is 2.25. The predicted molar refractivity (Wildman–Crippen MR) is 137 cm³/mol. The summed E-state index contributed by atoms with van der Waals surface area (Å²) in [4.78, 5) is 22.7. The van der Waals surface area contributed by atoms with Crippen molar-refractivity contribution in [1.29, 1.82) is 0 Å². The van der Waals surface area contributed by atoms with E-state index in [4.69, 9.17) is 5.73 Å². The zero-order chi connectivity index (χ0) is 21.2. The molecule has 4 N–H and O–H groups in total. The SMILES string of the molecule is CN=C(NCCCc1ccccc1)NCc1cccnc1N1CCCC(C(N)=O)C1.I. The van der Waals surface area contributed by atoms with E-state index in [1.54, 1.807) is 13.2 Å². The molecular weight excluding hydrogens is 503 g/mol. The van der Waals surface area contributed by atoms with Gasteiger partial charge in [-0.1, -0.05) is 36.4 Å². The topological polar surface area (TPSA) is 95.6 Å². The number of nitrogens with zero attached hydrogens (tertiary/aromatic N) is 3. The van der Waals surface area contributed by atoms with E-state index < -0.39 is 0 Å². The Morgan fingerprint density at radius 1 is 1.23 bits per heavy atom. The van der Waals surface area contributed by atoms with Crippen LogP contribution in [0, 0.1) is 5.92 Å². The van der Waals surface area contributed by atoms with Gasteiger partial charge in [0.1, 0.15) is 5.82 Å². The van der Waals surface area contributed by atoms with Crippen LogP contribution < -0.4 is 21.3 Å². The first-order chi connectivity index (χ1) is 14.7. The van der Waals surface area contributed by atoms with E-state index in [0.717, 1.165) is 56.1 Å². The first-order valence-corrected chi connectivity index (χ1v) is 10.6. The molecule has 168 valence electrons. The number of aliphatic imine (C=N–C) groups is 1. The Balaban J connectivity index is 0.00000341. The zero-order valence-electron chi connectivity index (χ0n) is 18.1. The lowest BCUT2D eigenvalue weighted by atomic mass is 9.97. The summed E-state index contributed by atoms with van der Waals surface area (Å²) in [5.41, 5.74) is 7.96. The predicted octanol–water partition coefficient (Wildman–Crippen LogP) is 2.70. The Hall–Kier alpha value is -2.36. The van der Waals surface area contributed by atoms with Crippen molar-refractivity contribution in [2.45, 2.75) is 32.2 Å². The van der Waals surface area contributed by atoms with E-state index in [9.17, 15) is 4.79 Å². The molecule has 0 saturated carbocycles. The molecule has 0 spiro atoms. The molecule has 8 heteroatoms. The number of guanidine groups is 1. The molecule has 1 unspecified atom stereocenters. The number of pyridine rings is 1. The van der Waals surface area contributed by atoms with Crippen LogP contribution in [0.2, 0.25) is 0 Å². The summed E-state index contributed by atoms with van der Waals surface area (Å²) in [5.74, 6) is 1.35. The van der Waals surface area contributed by atoms with Crippen LogP contribution in [0.25, 0.3) is 0 Å². The average molecular weight is 536 g/mol. The van der Waals surface area contributed by atoms with Crippen LogP contribution >= 0.6 is 24.0 Å². The molecule has 1 aliphatic rings. The minimum absolute atomic E-state index is 0. The first-order valence-electron chi connectivity index (χ1n) is 10.6. The maximum atomic E-state index is 11.6. The summed E-state index contributed by atoms with van der Waals surface area (Å²) < 4.78 is 0. The van der Waals surface area contributed by atoms with Gasteiger partial charge in [-0.3, -0.25) is 9.79 Å². The summed E-state index contributed by atoms with van der Waals surface area (Å²) in [6, 6.07) is 14.5. The molecule has 2 aromatic rings. The maximum absolute atomic E-state index is 11.6. The fourth-order valence-corrected chi connectivity index (χ4v) is 3.80. The van der Waals surface area contributed by atoms with Gasteiger partial charge in [0.15, 0.2) is 5.96 Å². The van der Waals surface area contributed by atoms with E-state index in [2.05, 4.69) is 55.8 Å². The van der Waals surface area contributed by atoms with Crippen LogP contribution in [0.1, 0.15) is 30.4 Å². The van der Waals surface area contributed by atoms with E-state index in [0.29, 0.717) is 13.1 Å². The molecular formula is C23H33IN6O. The van der Waals surface area contributed by atoms with Crippen molar-refractivity contribution < 1.29 is 4.79 Å². The fraction of sp³-hybridized carbons (Fsp3) is 0.435. The Kier molecular flexibility index (Phi) is 10.6. The second-order valence-corrected chi connectivity index (χ2v) is 7.62. The summed E-state index contributed by atoms with van der Waals surface area (Å²) in [7, 11) is 1.78. The molecule has 1 saturated heterocycles. The number of benzene rings is 1. The third kappa shape index (κ3) is 7.68. The van der Waals surface area contributed by atoms with E-state index in [-0.39, 0.29) is 35.8 Å². The lowest BCUT2D eigenvalue weighted by molar-refractivity contribution is -0.122. The van der Waals surface area contributed by atoms with Gasteiger partial charge in [0, 0.05) is 45.0 Å². The molecule has 1 aromatic heterocycles. The van der Waals surface area contributed by atoms with Gasteiger partial charge >= 0.3 is 0 Å². The average Bonchev–Trinajstić information content (AvgIpc) is 2.79. The molecule has 2 heterocycles. The van der Waals surface area contributed by atoms with Crippen molar-refractivity contribution >= 4 is 41.7 Å². The van der Waals surface area contributed by atoms with Gasteiger partial charge in [0.05, 0.1) is 5.92 Å². The molecule has 1 fully saturated rings. The Bertz CT molecular complexity index is 845. The molecule has 0 radical (unpaired) electrons. The summed E-state index contributed by atoms with van der Waals surface area (Å²) in [6.07, 6.45) is 5.66. The number of halogens is 1. The van der Waals surface area contributed by atoms with Crippen molar-refractivity contribution in [1.82, 2.24) is 15.6 Å². The summed E-state index contributed by atoms with van der Waals surface area (Å²) in [6.45, 7) is 2.98. The monoisotopic (exact) mass is 536 g/mol. The van der Waals surface area contributed by atoms with Crippen LogP contribution in [-0.4, -0.2) is 43.5 Å². The number of nitrogens with two attached hydrogens (primary N) is 1. The molecule has 3 rings (SSSR count). The van der Waals surface area contributed by atoms with Crippen LogP contribution in [0.5, 0.6) is 0 Å². The maximum Gasteiger partial charge on any atom is 0.222 e. The van der Waals surface area contributed by atoms with Gasteiger partial charge in [-0.05, 0) is 37.3 Å². The van der Waals surface area contributed by atoms with Gasteiger partial charge in [-0.2, -0.15) is 0 Å². The number of hydrogen-bond acceptors (Lipinski definition) is 4. The minimum atomic E-state index is -0.226. The number of rotatable bonds is 8. The second-order valence-electron chi connectivity index (χ2n) is 7.62. The Labute approximate surface area is 201 Å². The minimum Gasteiger partial charge on any atom is -0.369 e. The number of carbonyl (C=O) groups excluding carboxylic acids is 1. The molecule has 0 aliphatic carbocycles. The molecule has 1 amide bonds. The zero-order valence-corrected chi connectivity index (χ0v) is 20.4. The van der Waals surface area contributed by atoms with Crippen molar-refractivity contribution in [3.8, 4) is 0 Å². The van der Waals surface area contributed by atoms with Crippen LogP contribution in [-0.2, 0) is 17.8 Å². The molecule has 7 nitrogen and oxygen atoms in total. The van der Waals surface area contributed by atoms with Crippen molar-refractivity contribution in [3.05, 3.63) is 59.8 Å². The number of aromatic nitrogens is 1. The highest BCUT2D eigenvalue weighted by atomic mass is 127. The number of nitrogens with one attached hydrogen (secondary N) is 2. The number of piperidine rings is 1. The number of primary amides is 1. The quantitative estimate of drug-likeness (QED) is 0.209. The third-order valence-electron chi connectivity index (χ3n) is 5.44. The molecule has 0 bridgehead atoms. The molecule has 1 aliphatic heterocycles. The van der Waals surface area contributed by atoms with Gasteiger partial charge in [0.25, 0.3) is 0 Å². The van der Waals surface area contributed by atoms with Gasteiger partial charge in [0.2, 0.25) is 5.91 Å². The molecule has 1 aromatic carbocycles. The van der Waals surface area contributed by atoms with Gasteiger partial charge < -0.3 is 21.3 Å². The van der Waals surface area contributed by atoms with Crippen molar-refractivity contribution in [3.63, 3.8) is 0 Å². The number of carbonyl (C=O) groups is 1. The number of hydrogen-bond donors (Lipinski definition) is 3. The Morgan fingerprint density at radius 2 is 2.03 bits per heavy atom. The van der Waals surface area contributed by atoms with Gasteiger partial charge in [-0.15, -0.1) is 24.0 Å². The van der Waals surface area contributed by atoms with Crippen molar-refractivity contribution in [2.75, 3.05) is 31.6 Å². The van der Waals surface area contributed by atoms with Crippen LogP contribution in [0.4, 0.5) is 5.82 Å². The molecule has 31 heavy (non-hydrogen) atoms. The first kappa shape index (κ1) is 24.9. The smallest absolute Gasteiger partial charge is 0.222 e. The van der Waals surface area contributed by atoms with E-state index >= 15 is 0 Å². The van der Waals surface area contributed by atoms with E-state index in [1.807, 2.05) is 12.1 Å². The lowest BCUT2D eigenvalue weighted by Gasteiger charge is -2.33. The highest BCUT2D eigenvalue weighted by Crippen LogP contribution is 2.24. The van der Waals surface area contributed by atoms with Crippen LogP contribution in [0.3, 0.4) is 0 Å². The third-order valence-corrected chi connectivity index (χ3v) is 5.44. The number of aryl methyl sites for hydroxylation is 1. The lowest BCUT2D eigenvalue weighted by Crippen LogP contribution is -2.42.